The molecule has 0 bridgehead atoms. The number of aryl methyl sites for hydroxylation is 1. The number of amides is 1. The number of hydrogen-bond donors (Lipinski definition) is 1. The number of anilines is 2. The molecular formula is C21H23ClN4O2. The number of nitrogens with zero attached hydrogens (tertiary/aromatic N) is 3. The predicted octanol–water partition coefficient (Wildman–Crippen LogP) is 4.61. The van der Waals surface area contributed by atoms with E-state index in [4.69, 9.17) is 16.3 Å². The lowest BCUT2D eigenvalue weighted by molar-refractivity contribution is 0.0725. The Morgan fingerprint density at radius 1 is 1.21 bits per heavy atom. The maximum absolute atomic E-state index is 13.1. The molecule has 0 spiro atoms. The summed E-state index contributed by atoms with van der Waals surface area (Å²) in [5, 5.41) is 4.79. The first-order valence-electron chi connectivity index (χ1n) is 9.42. The summed E-state index contributed by atoms with van der Waals surface area (Å²) in [6.07, 6.45) is 6.91. The van der Waals surface area contributed by atoms with Crippen LogP contribution in [0.2, 0.25) is 5.02 Å². The van der Waals surface area contributed by atoms with Gasteiger partial charge in [-0.05, 0) is 43.5 Å². The number of nitrogens with one attached hydrogen (secondary N) is 1. The number of piperidine rings is 1. The van der Waals surface area contributed by atoms with Crippen LogP contribution < -0.4 is 10.1 Å². The molecule has 146 valence electrons. The third kappa shape index (κ3) is 3.40. The van der Waals surface area contributed by atoms with Gasteiger partial charge >= 0.3 is 0 Å². The maximum Gasteiger partial charge on any atom is 0.257 e. The lowest BCUT2D eigenvalue weighted by atomic mass is 10.1. The van der Waals surface area contributed by atoms with Gasteiger partial charge in [-0.3, -0.25) is 4.79 Å². The van der Waals surface area contributed by atoms with Gasteiger partial charge in [0.25, 0.3) is 5.91 Å². The average Bonchev–Trinajstić information content (AvgIpc) is 3.11. The molecule has 3 aromatic rings. The Morgan fingerprint density at radius 2 is 2.00 bits per heavy atom. The molecular weight excluding hydrogens is 376 g/mol. The number of ether oxygens (including phenoxy) is 1. The van der Waals surface area contributed by atoms with Crippen LogP contribution in [0.5, 0.6) is 5.75 Å². The van der Waals surface area contributed by atoms with E-state index < -0.39 is 0 Å². The molecule has 6 nitrogen and oxygen atoms in total. The Kier molecular flexibility index (Phi) is 5.13. The Balaban J connectivity index is 1.74. The van der Waals surface area contributed by atoms with Gasteiger partial charge in [0.05, 0.1) is 23.9 Å². The molecule has 0 unspecified atom stereocenters. The third-order valence-corrected chi connectivity index (χ3v) is 5.43. The van der Waals surface area contributed by atoms with Crippen molar-refractivity contribution in [3.05, 3.63) is 47.2 Å². The zero-order chi connectivity index (χ0) is 19.7. The molecule has 0 aliphatic carbocycles. The number of likely N-dealkylation sites (tertiary alicyclic amines) is 1. The Labute approximate surface area is 169 Å². The number of hydrogen-bond acceptors (Lipinski definition) is 4. The number of aromatic nitrogens is 2. The fourth-order valence-corrected chi connectivity index (χ4v) is 3.92. The molecule has 4 rings (SSSR count). The van der Waals surface area contributed by atoms with Gasteiger partial charge in [-0.1, -0.05) is 11.6 Å². The minimum absolute atomic E-state index is 0.0471. The van der Waals surface area contributed by atoms with E-state index in [9.17, 15) is 4.79 Å². The van der Waals surface area contributed by atoms with E-state index in [2.05, 4.69) is 10.3 Å². The fourth-order valence-electron chi connectivity index (χ4n) is 3.74. The summed E-state index contributed by atoms with van der Waals surface area (Å²) in [6.45, 7) is 1.62. The largest absolute Gasteiger partial charge is 0.495 e. The first kappa shape index (κ1) is 18.6. The lowest BCUT2D eigenvalue weighted by Crippen LogP contribution is -2.35. The van der Waals surface area contributed by atoms with Crippen LogP contribution in [0.4, 0.5) is 11.5 Å². The van der Waals surface area contributed by atoms with Crippen LogP contribution in [0.1, 0.15) is 29.6 Å². The normalized spacial score (nSPS) is 14.3. The van der Waals surface area contributed by atoms with Gasteiger partial charge in [0.2, 0.25) is 0 Å². The molecule has 1 amide bonds. The van der Waals surface area contributed by atoms with E-state index >= 15 is 0 Å². The molecule has 3 heterocycles. The van der Waals surface area contributed by atoms with Crippen molar-refractivity contribution in [2.24, 2.45) is 7.05 Å². The van der Waals surface area contributed by atoms with E-state index in [1.165, 1.54) is 6.42 Å². The molecule has 1 aliphatic rings. The summed E-state index contributed by atoms with van der Waals surface area (Å²) in [4.78, 5) is 19.6. The molecule has 0 radical (unpaired) electrons. The number of rotatable bonds is 4. The molecule has 2 aromatic heterocycles. The zero-order valence-corrected chi connectivity index (χ0v) is 16.8. The number of halogens is 1. The number of carbonyl (C=O) groups is 1. The lowest BCUT2D eigenvalue weighted by Gasteiger charge is -2.27. The van der Waals surface area contributed by atoms with Crippen LogP contribution in [-0.2, 0) is 7.05 Å². The molecule has 1 saturated heterocycles. The molecule has 28 heavy (non-hydrogen) atoms. The highest BCUT2D eigenvalue weighted by molar-refractivity contribution is 6.31. The van der Waals surface area contributed by atoms with E-state index in [-0.39, 0.29) is 5.91 Å². The topological polar surface area (TPSA) is 59.4 Å². The van der Waals surface area contributed by atoms with Crippen molar-refractivity contribution in [3.63, 3.8) is 0 Å². The van der Waals surface area contributed by atoms with Crippen molar-refractivity contribution in [2.75, 3.05) is 25.5 Å². The van der Waals surface area contributed by atoms with Crippen LogP contribution in [0, 0.1) is 0 Å². The minimum Gasteiger partial charge on any atom is -0.495 e. The SMILES string of the molecule is COc1ccc(Cl)cc1Nc1ncc(C(=O)N2CCCCC2)c2c1ccn2C. The summed E-state index contributed by atoms with van der Waals surface area (Å²) in [7, 11) is 3.55. The summed E-state index contributed by atoms with van der Waals surface area (Å²) in [6, 6.07) is 7.34. The number of methoxy groups -OCH3 is 1. The summed E-state index contributed by atoms with van der Waals surface area (Å²) < 4.78 is 7.38. The number of benzene rings is 1. The third-order valence-electron chi connectivity index (χ3n) is 5.19. The summed E-state index contributed by atoms with van der Waals surface area (Å²) in [5.41, 5.74) is 2.23. The Bertz CT molecular complexity index is 1020. The molecule has 1 fully saturated rings. The quantitative estimate of drug-likeness (QED) is 0.697. The van der Waals surface area contributed by atoms with Crippen LogP contribution in [0.15, 0.2) is 36.7 Å². The molecule has 0 atom stereocenters. The first-order chi connectivity index (χ1) is 13.6. The standard InChI is InChI=1S/C21H23ClN4O2/c1-25-11-8-15-19(25)16(21(27)26-9-4-3-5-10-26)13-23-20(15)24-17-12-14(22)6-7-18(17)28-2/h6-8,11-13H,3-5,9-10H2,1-2H3,(H,23,24). The molecule has 0 saturated carbocycles. The van der Waals surface area contributed by atoms with Crippen molar-refractivity contribution in [3.8, 4) is 5.75 Å². The summed E-state index contributed by atoms with van der Waals surface area (Å²) >= 11 is 6.14. The van der Waals surface area contributed by atoms with Gasteiger partial charge in [0.15, 0.2) is 0 Å². The minimum atomic E-state index is 0.0471. The molecule has 1 aliphatic heterocycles. The van der Waals surface area contributed by atoms with Gasteiger partial charge < -0.3 is 19.5 Å². The second-order valence-corrected chi connectivity index (χ2v) is 7.47. The Hall–Kier alpha value is -2.73. The smallest absolute Gasteiger partial charge is 0.257 e. The van der Waals surface area contributed by atoms with Crippen molar-refractivity contribution in [1.82, 2.24) is 14.5 Å². The van der Waals surface area contributed by atoms with Gasteiger partial charge in [0, 0.05) is 42.9 Å². The molecule has 1 aromatic carbocycles. The number of fused-ring (bicyclic) bond motifs is 1. The maximum atomic E-state index is 13.1. The van der Waals surface area contributed by atoms with Crippen LogP contribution in [-0.4, -0.2) is 40.6 Å². The first-order valence-corrected chi connectivity index (χ1v) is 9.80. The Morgan fingerprint density at radius 3 is 2.75 bits per heavy atom. The van der Waals surface area contributed by atoms with Crippen LogP contribution >= 0.6 is 11.6 Å². The van der Waals surface area contributed by atoms with E-state index in [1.807, 2.05) is 28.8 Å². The molecule has 7 heteroatoms. The zero-order valence-electron chi connectivity index (χ0n) is 16.0. The van der Waals surface area contributed by atoms with E-state index in [0.29, 0.717) is 22.2 Å². The summed E-state index contributed by atoms with van der Waals surface area (Å²) in [5.74, 6) is 1.38. The molecule has 1 N–H and O–H groups in total. The van der Waals surface area contributed by atoms with Crippen molar-refractivity contribution in [1.29, 1.82) is 0 Å². The van der Waals surface area contributed by atoms with Crippen molar-refractivity contribution in [2.45, 2.75) is 19.3 Å². The van der Waals surface area contributed by atoms with Crippen LogP contribution in [0.3, 0.4) is 0 Å². The van der Waals surface area contributed by atoms with Gasteiger partial charge in [-0.25, -0.2) is 4.98 Å². The highest BCUT2D eigenvalue weighted by atomic mass is 35.5. The van der Waals surface area contributed by atoms with Gasteiger partial charge in [0.1, 0.15) is 11.6 Å². The predicted molar refractivity (Wildman–Crippen MR) is 112 cm³/mol. The fraction of sp³-hybridized carbons (Fsp3) is 0.333. The highest BCUT2D eigenvalue weighted by Gasteiger charge is 2.23. The van der Waals surface area contributed by atoms with E-state index in [0.717, 1.165) is 42.5 Å². The highest BCUT2D eigenvalue weighted by Crippen LogP contribution is 2.34. The van der Waals surface area contributed by atoms with Crippen molar-refractivity contribution >= 4 is 39.9 Å². The number of carbonyl (C=O) groups excluding carboxylic acids is 1. The van der Waals surface area contributed by atoms with Gasteiger partial charge in [-0.2, -0.15) is 0 Å². The second-order valence-electron chi connectivity index (χ2n) is 7.03. The van der Waals surface area contributed by atoms with Gasteiger partial charge in [-0.15, -0.1) is 0 Å². The van der Waals surface area contributed by atoms with Crippen molar-refractivity contribution < 1.29 is 9.53 Å². The monoisotopic (exact) mass is 398 g/mol. The van der Waals surface area contributed by atoms with E-state index in [1.54, 1.807) is 31.5 Å². The number of pyridine rings is 1. The average molecular weight is 399 g/mol. The second kappa shape index (κ2) is 7.72. The van der Waals surface area contributed by atoms with Crippen LogP contribution in [0.25, 0.3) is 10.9 Å².